The third-order valence-electron chi connectivity index (χ3n) is 4.29. The van der Waals surface area contributed by atoms with E-state index in [9.17, 15) is 0 Å². The number of nitrogens with zero attached hydrogens (tertiary/aromatic N) is 3. The molecule has 1 fully saturated rings. The highest BCUT2D eigenvalue weighted by atomic mass is 16.5. The number of hydrogen-bond donors (Lipinski definition) is 2. The molecule has 0 spiro atoms. The standard InChI is InChI=1S/C16H19N5O2/c1-22-13-7-10-11(8-14(13)23-2)19-16(18-10)15-12(9-17-20-15)21-5-3-4-6-21/h7-9H,3-6H2,1-2H3,(H,17,20)(H,18,19). The second-order valence-corrected chi connectivity index (χ2v) is 5.63. The number of methoxy groups -OCH3 is 2. The Morgan fingerprint density at radius 1 is 1.09 bits per heavy atom. The molecule has 1 saturated heterocycles. The first kappa shape index (κ1) is 13.9. The number of ether oxygens (including phenoxy) is 2. The van der Waals surface area contributed by atoms with Gasteiger partial charge in [0.25, 0.3) is 0 Å². The zero-order valence-corrected chi connectivity index (χ0v) is 13.2. The molecule has 0 saturated carbocycles. The molecule has 4 rings (SSSR count). The normalized spacial score (nSPS) is 14.6. The van der Waals surface area contributed by atoms with Gasteiger partial charge in [-0.3, -0.25) is 5.10 Å². The predicted molar refractivity (Wildman–Crippen MR) is 88.2 cm³/mol. The van der Waals surface area contributed by atoms with E-state index in [4.69, 9.17) is 9.47 Å². The number of rotatable bonds is 4. The Bertz CT molecular complexity index is 791. The van der Waals surface area contributed by atoms with E-state index < -0.39 is 0 Å². The van der Waals surface area contributed by atoms with Crippen molar-refractivity contribution in [2.75, 3.05) is 32.2 Å². The fraction of sp³-hybridized carbons (Fsp3) is 0.375. The number of H-pyrrole nitrogens is 2. The molecular formula is C16H19N5O2. The molecule has 0 unspecified atom stereocenters. The van der Waals surface area contributed by atoms with Crippen LogP contribution < -0.4 is 14.4 Å². The van der Waals surface area contributed by atoms with Gasteiger partial charge in [0, 0.05) is 25.2 Å². The van der Waals surface area contributed by atoms with Crippen LogP contribution in [0.25, 0.3) is 22.6 Å². The summed E-state index contributed by atoms with van der Waals surface area (Å²) in [6.45, 7) is 2.13. The fourth-order valence-corrected chi connectivity index (χ4v) is 3.11. The molecule has 120 valence electrons. The van der Waals surface area contributed by atoms with Crippen LogP contribution in [0.4, 0.5) is 5.69 Å². The average Bonchev–Trinajstić information content (AvgIpc) is 3.30. The Morgan fingerprint density at radius 3 is 2.57 bits per heavy atom. The lowest BCUT2D eigenvalue weighted by Crippen LogP contribution is -2.17. The molecule has 3 aromatic rings. The van der Waals surface area contributed by atoms with Gasteiger partial charge in [-0.2, -0.15) is 5.10 Å². The van der Waals surface area contributed by atoms with Crippen molar-refractivity contribution < 1.29 is 9.47 Å². The van der Waals surface area contributed by atoms with Crippen LogP contribution in [0.15, 0.2) is 18.3 Å². The van der Waals surface area contributed by atoms with Gasteiger partial charge in [-0.15, -0.1) is 0 Å². The number of anilines is 1. The van der Waals surface area contributed by atoms with E-state index in [1.54, 1.807) is 14.2 Å². The molecule has 1 aliphatic heterocycles. The monoisotopic (exact) mass is 313 g/mol. The maximum atomic E-state index is 5.35. The SMILES string of the molecule is COc1cc2nc(-c3[nH]ncc3N3CCCC3)[nH]c2cc1OC. The topological polar surface area (TPSA) is 79.1 Å². The van der Waals surface area contributed by atoms with Crippen molar-refractivity contribution in [3.63, 3.8) is 0 Å². The first-order valence-corrected chi connectivity index (χ1v) is 7.70. The summed E-state index contributed by atoms with van der Waals surface area (Å²) < 4.78 is 10.7. The molecule has 0 radical (unpaired) electrons. The highest BCUT2D eigenvalue weighted by Gasteiger charge is 2.20. The van der Waals surface area contributed by atoms with Crippen molar-refractivity contribution in [1.82, 2.24) is 20.2 Å². The smallest absolute Gasteiger partial charge is 0.163 e. The maximum Gasteiger partial charge on any atom is 0.163 e. The highest BCUT2D eigenvalue weighted by molar-refractivity contribution is 5.84. The Labute approximate surface area is 133 Å². The van der Waals surface area contributed by atoms with Crippen LogP contribution in [0, 0.1) is 0 Å². The van der Waals surface area contributed by atoms with E-state index >= 15 is 0 Å². The van der Waals surface area contributed by atoms with Crippen LogP contribution in [0.1, 0.15) is 12.8 Å². The van der Waals surface area contributed by atoms with Crippen molar-refractivity contribution >= 4 is 16.7 Å². The molecule has 0 aliphatic carbocycles. The lowest BCUT2D eigenvalue weighted by Gasteiger charge is -2.16. The Hall–Kier alpha value is -2.70. The quantitative estimate of drug-likeness (QED) is 0.774. The minimum atomic E-state index is 0.669. The van der Waals surface area contributed by atoms with Crippen LogP contribution in [-0.2, 0) is 0 Å². The predicted octanol–water partition coefficient (Wildman–Crippen LogP) is 2.57. The summed E-state index contributed by atoms with van der Waals surface area (Å²) in [5.41, 5.74) is 3.75. The first-order valence-electron chi connectivity index (χ1n) is 7.70. The Kier molecular flexibility index (Phi) is 3.33. The Balaban J connectivity index is 1.79. The number of imidazole rings is 1. The lowest BCUT2D eigenvalue weighted by molar-refractivity contribution is 0.356. The summed E-state index contributed by atoms with van der Waals surface area (Å²) in [5, 5.41) is 7.27. The molecule has 3 heterocycles. The number of hydrogen-bond acceptors (Lipinski definition) is 5. The van der Waals surface area contributed by atoms with Crippen molar-refractivity contribution in [3.05, 3.63) is 18.3 Å². The molecule has 0 bridgehead atoms. The van der Waals surface area contributed by atoms with Gasteiger partial charge in [0.1, 0.15) is 5.69 Å². The van der Waals surface area contributed by atoms with E-state index in [1.807, 2.05) is 18.3 Å². The molecule has 2 aromatic heterocycles. The van der Waals surface area contributed by atoms with Crippen LogP contribution >= 0.6 is 0 Å². The van der Waals surface area contributed by atoms with E-state index in [0.717, 1.165) is 41.3 Å². The lowest BCUT2D eigenvalue weighted by atomic mass is 10.3. The summed E-state index contributed by atoms with van der Waals surface area (Å²) in [5.74, 6) is 2.12. The molecule has 1 aromatic carbocycles. The fourth-order valence-electron chi connectivity index (χ4n) is 3.11. The van der Waals surface area contributed by atoms with Gasteiger partial charge in [0.15, 0.2) is 17.3 Å². The van der Waals surface area contributed by atoms with Gasteiger partial charge >= 0.3 is 0 Å². The first-order chi connectivity index (χ1) is 11.3. The van der Waals surface area contributed by atoms with Gasteiger partial charge < -0.3 is 19.4 Å². The van der Waals surface area contributed by atoms with E-state index in [1.165, 1.54) is 12.8 Å². The summed E-state index contributed by atoms with van der Waals surface area (Å²) >= 11 is 0. The van der Waals surface area contributed by atoms with Crippen LogP contribution in [-0.4, -0.2) is 47.5 Å². The molecule has 7 nitrogen and oxygen atoms in total. The molecule has 2 N–H and O–H groups in total. The van der Waals surface area contributed by atoms with E-state index in [-0.39, 0.29) is 0 Å². The van der Waals surface area contributed by atoms with Crippen molar-refractivity contribution in [2.24, 2.45) is 0 Å². The third-order valence-corrected chi connectivity index (χ3v) is 4.29. The van der Waals surface area contributed by atoms with Crippen molar-refractivity contribution in [3.8, 4) is 23.0 Å². The summed E-state index contributed by atoms with van der Waals surface area (Å²) in [7, 11) is 3.25. The second-order valence-electron chi connectivity index (χ2n) is 5.63. The van der Waals surface area contributed by atoms with Gasteiger partial charge in [-0.25, -0.2) is 4.98 Å². The summed E-state index contributed by atoms with van der Waals surface area (Å²) in [6, 6.07) is 3.77. The summed E-state index contributed by atoms with van der Waals surface area (Å²) in [6.07, 6.45) is 4.31. The van der Waals surface area contributed by atoms with Crippen LogP contribution in [0.5, 0.6) is 11.5 Å². The molecule has 23 heavy (non-hydrogen) atoms. The van der Waals surface area contributed by atoms with Gasteiger partial charge in [0.2, 0.25) is 0 Å². The average molecular weight is 313 g/mol. The zero-order valence-electron chi connectivity index (χ0n) is 13.2. The molecule has 0 amide bonds. The second kappa shape index (κ2) is 5.49. The molecule has 1 aliphatic rings. The van der Waals surface area contributed by atoms with Gasteiger partial charge in [-0.1, -0.05) is 0 Å². The molecular weight excluding hydrogens is 294 g/mol. The largest absolute Gasteiger partial charge is 0.493 e. The van der Waals surface area contributed by atoms with Crippen molar-refractivity contribution in [2.45, 2.75) is 12.8 Å². The van der Waals surface area contributed by atoms with Crippen LogP contribution in [0.2, 0.25) is 0 Å². The molecule has 7 heteroatoms. The third kappa shape index (κ3) is 2.28. The van der Waals surface area contributed by atoms with E-state index in [0.29, 0.717) is 11.5 Å². The van der Waals surface area contributed by atoms with E-state index in [2.05, 4.69) is 25.1 Å². The number of aromatic amines is 2. The summed E-state index contributed by atoms with van der Waals surface area (Å²) in [4.78, 5) is 10.4. The minimum absolute atomic E-state index is 0.669. The molecule has 0 atom stereocenters. The minimum Gasteiger partial charge on any atom is -0.493 e. The zero-order chi connectivity index (χ0) is 15.8. The van der Waals surface area contributed by atoms with Crippen molar-refractivity contribution in [1.29, 1.82) is 0 Å². The van der Waals surface area contributed by atoms with Gasteiger partial charge in [-0.05, 0) is 12.8 Å². The van der Waals surface area contributed by atoms with Gasteiger partial charge in [0.05, 0.1) is 37.1 Å². The number of benzene rings is 1. The van der Waals surface area contributed by atoms with Crippen LogP contribution in [0.3, 0.4) is 0 Å². The Morgan fingerprint density at radius 2 is 1.83 bits per heavy atom. The maximum absolute atomic E-state index is 5.35. The number of fused-ring (bicyclic) bond motifs is 1. The highest BCUT2D eigenvalue weighted by Crippen LogP contribution is 2.34. The number of aromatic nitrogens is 4. The number of nitrogens with one attached hydrogen (secondary N) is 2.